The molecule has 1 heterocycles. The molecule has 1 N–H and O–H groups in total. The molecule has 1 rings (SSSR count). The molecule has 1 atom stereocenters. The predicted molar refractivity (Wildman–Crippen MR) is 208 cm³/mol. The van der Waals surface area contributed by atoms with Gasteiger partial charge in [0.2, 0.25) is 0 Å². The second-order valence-corrected chi connectivity index (χ2v) is 15.7. The van der Waals surface area contributed by atoms with E-state index < -0.39 is 5.79 Å². The van der Waals surface area contributed by atoms with E-state index in [1.54, 1.807) is 0 Å². The predicted octanol–water partition coefficient (Wildman–Crippen LogP) is 11.9. The third kappa shape index (κ3) is 33.8. The van der Waals surface area contributed by atoms with Crippen LogP contribution in [0.1, 0.15) is 226 Å². The highest BCUT2D eigenvalue weighted by Gasteiger charge is 2.40. The molecule has 0 aromatic heterocycles. The zero-order valence-corrected chi connectivity index (χ0v) is 33.8. The van der Waals surface area contributed by atoms with E-state index in [0.29, 0.717) is 13.2 Å². The number of nitrogens with one attached hydrogen (secondary N) is 1. The van der Waals surface area contributed by atoms with Crippen LogP contribution in [0.5, 0.6) is 0 Å². The van der Waals surface area contributed by atoms with Crippen molar-refractivity contribution in [3.8, 4) is 0 Å². The Bertz CT molecular complexity index is 618. The molecule has 0 bridgehead atoms. The Morgan fingerprint density at radius 2 is 0.812 bits per heavy atom. The smallest absolute Gasteiger partial charge is 0.302 e. The second kappa shape index (κ2) is 36.2. The Morgan fingerprint density at radius 3 is 1.08 bits per heavy atom. The molecule has 1 fully saturated rings. The molecule has 0 aromatic rings. The lowest BCUT2D eigenvalue weighted by Gasteiger charge is -2.28. The van der Waals surface area contributed by atoms with Crippen LogP contribution in [0.25, 0.3) is 0 Å². The fourth-order valence-electron chi connectivity index (χ4n) is 6.83. The van der Waals surface area contributed by atoms with E-state index in [9.17, 15) is 4.79 Å². The first-order chi connectivity index (χ1) is 23.3. The Labute approximate surface area is 301 Å². The maximum Gasteiger partial charge on any atom is 0.302 e. The number of unbranched alkanes of at least 4 members (excludes halogenated alkanes) is 28. The van der Waals surface area contributed by atoms with Crippen LogP contribution >= 0.6 is 0 Å². The van der Waals surface area contributed by atoms with E-state index >= 15 is 0 Å². The molecule has 5 heteroatoms. The van der Waals surface area contributed by atoms with Gasteiger partial charge in [-0.05, 0) is 12.8 Å². The first kappa shape index (κ1) is 47.4. The van der Waals surface area contributed by atoms with Gasteiger partial charge in [0.15, 0.2) is 5.79 Å². The number of carbonyl (C=O) groups is 1. The van der Waals surface area contributed by atoms with Crippen molar-refractivity contribution in [2.24, 2.45) is 0 Å². The van der Waals surface area contributed by atoms with E-state index in [2.05, 4.69) is 35.0 Å². The van der Waals surface area contributed by atoms with Gasteiger partial charge in [-0.25, -0.2) is 0 Å². The molecule has 1 unspecified atom stereocenters. The van der Waals surface area contributed by atoms with Crippen molar-refractivity contribution in [2.45, 2.75) is 238 Å². The molecular weight excluding hydrogens is 594 g/mol. The van der Waals surface area contributed by atoms with E-state index in [-0.39, 0.29) is 12.1 Å². The van der Waals surface area contributed by atoms with Crippen LogP contribution < -0.4 is 4.90 Å². The summed E-state index contributed by atoms with van der Waals surface area (Å²) in [5, 5.41) is 0. The minimum absolute atomic E-state index is 0.119. The maximum absolute atomic E-state index is 11.3. The molecule has 0 spiro atoms. The van der Waals surface area contributed by atoms with Gasteiger partial charge in [0, 0.05) is 19.8 Å². The molecule has 288 valence electrons. The van der Waals surface area contributed by atoms with Crippen molar-refractivity contribution < 1.29 is 23.9 Å². The molecule has 0 aromatic carbocycles. The van der Waals surface area contributed by atoms with Crippen LogP contribution in [0.3, 0.4) is 0 Å². The van der Waals surface area contributed by atoms with Crippen LogP contribution in [-0.2, 0) is 19.0 Å². The van der Waals surface area contributed by atoms with Gasteiger partial charge in [-0.1, -0.05) is 194 Å². The summed E-state index contributed by atoms with van der Waals surface area (Å²) in [4.78, 5) is 12.7. The normalized spacial score (nSPS) is 15.5. The van der Waals surface area contributed by atoms with Crippen LogP contribution in [0.4, 0.5) is 0 Å². The number of quaternary nitrogens is 1. The van der Waals surface area contributed by atoms with Gasteiger partial charge in [-0.2, -0.15) is 0 Å². The summed E-state index contributed by atoms with van der Waals surface area (Å²) in [5.41, 5.74) is 0. The summed E-state index contributed by atoms with van der Waals surface area (Å²) in [6, 6.07) is 0. The van der Waals surface area contributed by atoms with Crippen molar-refractivity contribution in [1.29, 1.82) is 0 Å². The SMILES string of the molecule is CCCCCCCCCCCCCCCCCC1(CCCCCCCCCCCCCCCCC)OCC(COC(C)=O)O1.C[NH+](C)C. The highest BCUT2D eigenvalue weighted by atomic mass is 16.8. The molecule has 0 saturated carbocycles. The topological polar surface area (TPSA) is 49.2 Å². The van der Waals surface area contributed by atoms with Gasteiger partial charge in [0.05, 0.1) is 27.7 Å². The molecule has 48 heavy (non-hydrogen) atoms. The Kier molecular flexibility index (Phi) is 35.7. The minimum Gasteiger partial charge on any atom is -0.463 e. The van der Waals surface area contributed by atoms with Gasteiger partial charge in [-0.3, -0.25) is 4.79 Å². The number of carbonyl (C=O) groups excluding carboxylic acids is 1. The molecule has 0 radical (unpaired) electrons. The van der Waals surface area contributed by atoms with Crippen molar-refractivity contribution in [1.82, 2.24) is 0 Å². The van der Waals surface area contributed by atoms with Crippen molar-refractivity contribution in [3.63, 3.8) is 0 Å². The Balaban J connectivity index is 0.00000520. The fraction of sp³-hybridized carbons (Fsp3) is 0.977. The highest BCUT2D eigenvalue weighted by molar-refractivity contribution is 5.65. The first-order valence-corrected chi connectivity index (χ1v) is 21.6. The summed E-state index contributed by atoms with van der Waals surface area (Å²) in [7, 11) is 6.25. The van der Waals surface area contributed by atoms with Gasteiger partial charge < -0.3 is 19.1 Å². The molecule has 5 nitrogen and oxygen atoms in total. The third-order valence-electron chi connectivity index (χ3n) is 9.71. The lowest BCUT2D eigenvalue weighted by Crippen LogP contribution is -3.02. The lowest BCUT2D eigenvalue weighted by atomic mass is 9.98. The van der Waals surface area contributed by atoms with Gasteiger partial charge >= 0.3 is 5.97 Å². The zero-order valence-electron chi connectivity index (χ0n) is 33.8. The number of rotatable bonds is 34. The summed E-state index contributed by atoms with van der Waals surface area (Å²) < 4.78 is 18.0. The molecule has 1 aliphatic rings. The molecular formula is C43H88NO4+. The van der Waals surface area contributed by atoms with E-state index in [1.165, 1.54) is 192 Å². The average Bonchev–Trinajstić information content (AvgIpc) is 3.46. The first-order valence-electron chi connectivity index (χ1n) is 21.6. The highest BCUT2D eigenvalue weighted by Crippen LogP contribution is 2.35. The van der Waals surface area contributed by atoms with Crippen LogP contribution in [-0.4, -0.2) is 52.2 Å². The Hall–Kier alpha value is -0.650. The molecule has 1 aliphatic heterocycles. The summed E-state index contributed by atoms with van der Waals surface area (Å²) in [6.45, 7) is 6.91. The number of hydrogen-bond donors (Lipinski definition) is 1. The quantitative estimate of drug-likeness (QED) is 0.0542. The van der Waals surface area contributed by atoms with Crippen LogP contribution in [0, 0.1) is 0 Å². The van der Waals surface area contributed by atoms with Gasteiger partial charge in [0.25, 0.3) is 0 Å². The van der Waals surface area contributed by atoms with Crippen molar-refractivity contribution in [2.75, 3.05) is 34.4 Å². The fourth-order valence-corrected chi connectivity index (χ4v) is 6.83. The standard InChI is InChI=1S/C40H78O4.C3H9N/c1-4-6-8-10-12-14-16-18-20-22-24-26-28-30-32-34-40(43-37-39(44-40)36-42-38(3)41)35-33-31-29-27-25-23-21-19-17-15-13-11-9-7-5-2;1-4(2)3/h39H,4-37H2,1-3H3;1-3H3/p+1. The summed E-state index contributed by atoms with van der Waals surface area (Å²) in [6.07, 6.45) is 43.2. The largest absolute Gasteiger partial charge is 0.463 e. The van der Waals surface area contributed by atoms with Crippen molar-refractivity contribution in [3.05, 3.63) is 0 Å². The van der Waals surface area contributed by atoms with E-state index in [0.717, 1.165) is 25.7 Å². The Morgan fingerprint density at radius 1 is 0.542 bits per heavy atom. The van der Waals surface area contributed by atoms with E-state index in [4.69, 9.17) is 14.2 Å². The molecule has 0 amide bonds. The minimum atomic E-state index is -0.460. The zero-order chi connectivity index (χ0) is 35.4. The van der Waals surface area contributed by atoms with Gasteiger partial charge in [-0.15, -0.1) is 0 Å². The van der Waals surface area contributed by atoms with Gasteiger partial charge in [0.1, 0.15) is 12.7 Å². The third-order valence-corrected chi connectivity index (χ3v) is 9.71. The average molecular weight is 683 g/mol. The van der Waals surface area contributed by atoms with Crippen LogP contribution in [0.2, 0.25) is 0 Å². The molecule has 1 saturated heterocycles. The lowest BCUT2D eigenvalue weighted by molar-refractivity contribution is -0.836. The maximum atomic E-state index is 11.3. The van der Waals surface area contributed by atoms with E-state index in [1.807, 2.05) is 0 Å². The van der Waals surface area contributed by atoms with Crippen molar-refractivity contribution >= 4 is 5.97 Å². The van der Waals surface area contributed by atoms with Crippen LogP contribution in [0.15, 0.2) is 0 Å². The number of esters is 1. The summed E-state index contributed by atoms with van der Waals surface area (Å²) in [5.74, 6) is -0.700. The monoisotopic (exact) mass is 683 g/mol. The number of ether oxygens (including phenoxy) is 3. The molecule has 0 aliphatic carbocycles. The number of hydrogen-bond acceptors (Lipinski definition) is 4. The second-order valence-electron chi connectivity index (χ2n) is 15.7. The summed E-state index contributed by atoms with van der Waals surface area (Å²) >= 11 is 0.